The zero-order chi connectivity index (χ0) is 11.5. The van der Waals surface area contributed by atoms with Crippen LogP contribution in [0.15, 0.2) is 6.20 Å². The monoisotopic (exact) mass is 274 g/mol. The van der Waals surface area contributed by atoms with Crippen molar-refractivity contribution in [2.75, 3.05) is 18.6 Å². The van der Waals surface area contributed by atoms with E-state index in [0.29, 0.717) is 16.5 Å². The molecule has 1 N–H and O–H groups in total. The minimum absolute atomic E-state index is 0.419. The van der Waals surface area contributed by atoms with Crippen LogP contribution in [0.5, 0.6) is 0 Å². The van der Waals surface area contributed by atoms with Gasteiger partial charge in [0.05, 0.1) is 5.25 Å². The number of rotatable bonds is 3. The first-order chi connectivity index (χ1) is 7.72. The maximum Gasteiger partial charge on any atom is 0.107 e. The van der Waals surface area contributed by atoms with Gasteiger partial charge in [-0.05, 0) is 14.0 Å². The number of hydrogen-bond donors (Lipinski definition) is 1. The lowest BCUT2D eigenvalue weighted by molar-refractivity contribution is 0.662. The van der Waals surface area contributed by atoms with E-state index in [1.807, 2.05) is 24.6 Å². The van der Waals surface area contributed by atoms with Crippen molar-refractivity contribution in [2.24, 2.45) is 0 Å². The van der Waals surface area contributed by atoms with Crippen LogP contribution in [0.1, 0.15) is 35.0 Å². The molecule has 1 aliphatic rings. The summed E-state index contributed by atoms with van der Waals surface area (Å²) in [5.41, 5.74) is 0. The third-order valence-corrected chi connectivity index (χ3v) is 7.34. The van der Waals surface area contributed by atoms with Crippen LogP contribution in [0.2, 0.25) is 0 Å². The van der Waals surface area contributed by atoms with E-state index in [1.165, 1.54) is 21.4 Å². The van der Waals surface area contributed by atoms with Crippen LogP contribution in [0.4, 0.5) is 0 Å². The van der Waals surface area contributed by atoms with Crippen molar-refractivity contribution in [3.05, 3.63) is 16.1 Å². The van der Waals surface area contributed by atoms with E-state index < -0.39 is 0 Å². The van der Waals surface area contributed by atoms with Gasteiger partial charge >= 0.3 is 0 Å². The summed E-state index contributed by atoms with van der Waals surface area (Å²) >= 11 is 6.01. The summed E-state index contributed by atoms with van der Waals surface area (Å²) in [4.78, 5) is 5.95. The molecular weight excluding hydrogens is 256 g/mol. The van der Waals surface area contributed by atoms with Gasteiger partial charge in [0, 0.05) is 33.9 Å². The summed E-state index contributed by atoms with van der Waals surface area (Å²) in [6.45, 7) is 4.51. The Hall–Kier alpha value is 0.290. The highest BCUT2D eigenvalue weighted by Crippen LogP contribution is 2.44. The molecule has 90 valence electrons. The van der Waals surface area contributed by atoms with Gasteiger partial charge in [0.1, 0.15) is 5.01 Å². The van der Waals surface area contributed by atoms with Gasteiger partial charge in [0.2, 0.25) is 0 Å². The van der Waals surface area contributed by atoms with Crippen molar-refractivity contribution in [3.63, 3.8) is 0 Å². The smallest absolute Gasteiger partial charge is 0.107 e. The fourth-order valence-corrected chi connectivity index (χ4v) is 5.83. The average Bonchev–Trinajstić information content (AvgIpc) is 2.78. The van der Waals surface area contributed by atoms with E-state index in [-0.39, 0.29) is 0 Å². The second-order valence-corrected chi connectivity index (χ2v) is 7.81. The Labute approximate surface area is 110 Å². The molecule has 3 atom stereocenters. The maximum absolute atomic E-state index is 4.60. The van der Waals surface area contributed by atoms with Crippen molar-refractivity contribution in [1.29, 1.82) is 0 Å². The number of hydrogen-bond acceptors (Lipinski definition) is 5. The Bertz CT molecular complexity index is 340. The van der Waals surface area contributed by atoms with E-state index >= 15 is 0 Å². The maximum atomic E-state index is 4.60. The number of nitrogens with one attached hydrogen (secondary N) is 1. The molecule has 0 saturated carbocycles. The highest BCUT2D eigenvalue weighted by molar-refractivity contribution is 8.06. The van der Waals surface area contributed by atoms with Gasteiger partial charge in [0.15, 0.2) is 0 Å². The zero-order valence-corrected chi connectivity index (χ0v) is 12.3. The molecule has 16 heavy (non-hydrogen) atoms. The van der Waals surface area contributed by atoms with E-state index in [4.69, 9.17) is 0 Å². The first-order valence-electron chi connectivity index (χ1n) is 5.58. The van der Waals surface area contributed by atoms with Crippen LogP contribution < -0.4 is 5.32 Å². The molecular formula is C11H18N2S3. The number of nitrogens with zero attached hydrogens (tertiary/aromatic N) is 1. The Morgan fingerprint density at radius 3 is 2.88 bits per heavy atom. The quantitative estimate of drug-likeness (QED) is 0.914. The highest BCUT2D eigenvalue weighted by atomic mass is 32.2. The van der Waals surface area contributed by atoms with Crippen molar-refractivity contribution < 1.29 is 0 Å². The Kier molecular flexibility index (Phi) is 4.58. The second kappa shape index (κ2) is 5.76. The molecule has 2 nitrogen and oxygen atoms in total. The third kappa shape index (κ3) is 2.75. The van der Waals surface area contributed by atoms with Crippen LogP contribution in [0, 0.1) is 0 Å². The molecule has 0 amide bonds. The fraction of sp³-hybridized carbons (Fsp3) is 0.727. The first-order valence-corrected chi connectivity index (χ1v) is 8.50. The van der Waals surface area contributed by atoms with Gasteiger partial charge in [0.25, 0.3) is 0 Å². The van der Waals surface area contributed by atoms with Crippen LogP contribution in [-0.4, -0.2) is 28.8 Å². The van der Waals surface area contributed by atoms with Gasteiger partial charge in [-0.25, -0.2) is 4.98 Å². The van der Waals surface area contributed by atoms with Gasteiger partial charge in [-0.3, -0.25) is 0 Å². The van der Waals surface area contributed by atoms with E-state index in [2.05, 4.69) is 47.7 Å². The van der Waals surface area contributed by atoms with Crippen molar-refractivity contribution >= 4 is 34.9 Å². The minimum Gasteiger partial charge on any atom is -0.312 e. The number of thiazole rings is 1. The standard InChI is InChI=1S/C11H18N2S3/c1-7(12-3)9-6-13-11(16-9)10-8(2)14-4-5-15-10/h6-8,10,12H,4-5H2,1-3H3. The van der Waals surface area contributed by atoms with Crippen LogP contribution in [0.3, 0.4) is 0 Å². The molecule has 2 heterocycles. The molecule has 0 aromatic carbocycles. The van der Waals surface area contributed by atoms with Crippen LogP contribution in [0.25, 0.3) is 0 Å². The minimum atomic E-state index is 0.419. The highest BCUT2D eigenvalue weighted by Gasteiger charge is 2.27. The van der Waals surface area contributed by atoms with Gasteiger partial charge < -0.3 is 5.32 Å². The predicted octanol–water partition coefficient (Wildman–Crippen LogP) is 3.33. The largest absolute Gasteiger partial charge is 0.312 e. The molecule has 1 aliphatic heterocycles. The van der Waals surface area contributed by atoms with Crippen molar-refractivity contribution in [1.82, 2.24) is 10.3 Å². The van der Waals surface area contributed by atoms with Crippen LogP contribution >= 0.6 is 34.9 Å². The molecule has 0 aliphatic carbocycles. The molecule has 5 heteroatoms. The molecule has 0 spiro atoms. The predicted molar refractivity (Wildman–Crippen MR) is 76.7 cm³/mol. The summed E-state index contributed by atoms with van der Waals surface area (Å²) in [7, 11) is 2.00. The van der Waals surface area contributed by atoms with E-state index in [1.54, 1.807) is 0 Å². The zero-order valence-electron chi connectivity index (χ0n) is 9.90. The number of thioether (sulfide) groups is 2. The lowest BCUT2D eigenvalue weighted by Gasteiger charge is -2.25. The molecule has 1 fully saturated rings. The molecule has 0 radical (unpaired) electrons. The summed E-state index contributed by atoms with van der Waals surface area (Å²) in [6, 6.07) is 0.419. The summed E-state index contributed by atoms with van der Waals surface area (Å²) in [5.74, 6) is 2.55. The van der Waals surface area contributed by atoms with E-state index in [0.717, 1.165) is 0 Å². The Morgan fingerprint density at radius 1 is 1.44 bits per heavy atom. The molecule has 1 saturated heterocycles. The lowest BCUT2D eigenvalue weighted by Crippen LogP contribution is -2.15. The molecule has 1 aromatic rings. The summed E-state index contributed by atoms with van der Waals surface area (Å²) in [6.07, 6.45) is 2.04. The first kappa shape index (κ1) is 12.7. The average molecular weight is 274 g/mol. The van der Waals surface area contributed by atoms with Gasteiger partial charge in [-0.2, -0.15) is 11.8 Å². The third-order valence-electron chi connectivity index (χ3n) is 2.83. The van der Waals surface area contributed by atoms with Gasteiger partial charge in [-0.1, -0.05) is 6.92 Å². The van der Waals surface area contributed by atoms with E-state index in [9.17, 15) is 0 Å². The Balaban J connectivity index is 2.11. The molecule has 1 aromatic heterocycles. The topological polar surface area (TPSA) is 24.9 Å². The SMILES string of the molecule is CNC(C)c1cnc(C2SCCSC2C)s1. The lowest BCUT2D eigenvalue weighted by atomic mass is 10.3. The number of aromatic nitrogens is 1. The molecule has 3 unspecified atom stereocenters. The van der Waals surface area contributed by atoms with Crippen molar-refractivity contribution in [3.8, 4) is 0 Å². The summed E-state index contributed by atoms with van der Waals surface area (Å²) < 4.78 is 0. The normalized spacial score (nSPS) is 27.9. The van der Waals surface area contributed by atoms with Gasteiger partial charge in [-0.15, -0.1) is 23.1 Å². The van der Waals surface area contributed by atoms with Crippen LogP contribution in [-0.2, 0) is 0 Å². The molecule has 2 rings (SSSR count). The second-order valence-electron chi connectivity index (χ2n) is 3.98. The molecule has 0 bridgehead atoms. The van der Waals surface area contributed by atoms with Crippen molar-refractivity contribution in [2.45, 2.75) is 30.4 Å². The fourth-order valence-electron chi connectivity index (χ4n) is 1.68. The summed E-state index contributed by atoms with van der Waals surface area (Å²) in [5, 5.41) is 5.87. The Morgan fingerprint density at radius 2 is 2.19 bits per heavy atom.